The summed E-state index contributed by atoms with van der Waals surface area (Å²) in [4.78, 5) is 2.26. The number of aromatic nitrogens is 4. The topological polar surface area (TPSA) is 46.8 Å². The van der Waals surface area contributed by atoms with Crippen LogP contribution in [0.1, 0.15) is 6.92 Å². The predicted octanol–water partition coefficient (Wildman–Crippen LogP) is 0.152. The number of nitrogens with zero attached hydrogens (tertiary/aromatic N) is 5. The van der Waals surface area contributed by atoms with Crippen molar-refractivity contribution in [2.45, 2.75) is 13.0 Å². The van der Waals surface area contributed by atoms with E-state index in [1.54, 1.807) is 4.68 Å². The molecule has 0 radical (unpaired) electrons. The molecule has 0 spiro atoms. The highest BCUT2D eigenvalue weighted by Crippen LogP contribution is 2.20. The largest absolute Gasteiger partial charge is 0.335 e. The summed E-state index contributed by atoms with van der Waals surface area (Å²) in [6, 6.07) is 0.531. The molecule has 1 aromatic heterocycles. The molecule has 1 aliphatic rings. The van der Waals surface area contributed by atoms with Gasteiger partial charge in [-0.3, -0.25) is 0 Å². The molecular weight excluding hydrogens is 186 g/mol. The van der Waals surface area contributed by atoms with Crippen molar-refractivity contribution in [1.29, 1.82) is 0 Å². The van der Waals surface area contributed by atoms with Crippen LogP contribution in [-0.2, 0) is 7.05 Å². The van der Waals surface area contributed by atoms with Crippen LogP contribution in [0.2, 0.25) is 0 Å². The molecule has 6 heteroatoms. The minimum Gasteiger partial charge on any atom is -0.335 e. The first-order valence-electron chi connectivity index (χ1n) is 4.36. The molecule has 0 N–H and O–H groups in total. The second kappa shape index (κ2) is 3.53. The lowest BCUT2D eigenvalue weighted by Crippen LogP contribution is -2.41. The van der Waals surface area contributed by atoms with Gasteiger partial charge in [-0.15, -0.1) is 0 Å². The monoisotopic (exact) mass is 199 g/mol. The summed E-state index contributed by atoms with van der Waals surface area (Å²) >= 11 is 1.99. The first kappa shape index (κ1) is 8.80. The van der Waals surface area contributed by atoms with Crippen LogP contribution >= 0.6 is 11.8 Å². The van der Waals surface area contributed by atoms with Gasteiger partial charge in [0, 0.05) is 31.1 Å². The zero-order chi connectivity index (χ0) is 9.26. The highest BCUT2D eigenvalue weighted by atomic mass is 32.2. The van der Waals surface area contributed by atoms with Gasteiger partial charge in [0.2, 0.25) is 5.95 Å². The maximum atomic E-state index is 4.01. The normalized spacial score (nSPS) is 23.5. The van der Waals surface area contributed by atoms with E-state index in [4.69, 9.17) is 0 Å². The predicted molar refractivity (Wildman–Crippen MR) is 52.9 cm³/mol. The molecule has 1 aromatic rings. The Bertz CT molecular complexity index is 286. The maximum Gasteiger partial charge on any atom is 0.245 e. The van der Waals surface area contributed by atoms with Gasteiger partial charge in [0.05, 0.1) is 0 Å². The average Bonchev–Trinajstić information content (AvgIpc) is 2.52. The van der Waals surface area contributed by atoms with Gasteiger partial charge in [0.15, 0.2) is 0 Å². The number of rotatable bonds is 1. The lowest BCUT2D eigenvalue weighted by molar-refractivity contribution is 0.637. The second-order valence-electron chi connectivity index (χ2n) is 3.22. The average molecular weight is 199 g/mol. The SMILES string of the molecule is CC1CSCCN1c1nnnn1C. The molecule has 1 atom stereocenters. The molecule has 1 saturated heterocycles. The van der Waals surface area contributed by atoms with Gasteiger partial charge in [0.25, 0.3) is 0 Å². The number of hydrogen-bond donors (Lipinski definition) is 0. The van der Waals surface area contributed by atoms with Gasteiger partial charge in [0.1, 0.15) is 0 Å². The third kappa shape index (κ3) is 1.63. The van der Waals surface area contributed by atoms with Crippen LogP contribution in [0.5, 0.6) is 0 Å². The molecule has 1 aliphatic heterocycles. The molecule has 1 unspecified atom stereocenters. The molecule has 0 aliphatic carbocycles. The van der Waals surface area contributed by atoms with Crippen LogP contribution in [-0.4, -0.2) is 44.3 Å². The van der Waals surface area contributed by atoms with E-state index in [1.165, 1.54) is 0 Å². The molecule has 0 bridgehead atoms. The van der Waals surface area contributed by atoms with E-state index in [0.29, 0.717) is 6.04 Å². The van der Waals surface area contributed by atoms with Crippen molar-refractivity contribution in [3.8, 4) is 0 Å². The summed E-state index contributed by atoms with van der Waals surface area (Å²) in [6.07, 6.45) is 0. The summed E-state index contributed by atoms with van der Waals surface area (Å²) < 4.78 is 1.73. The Hall–Kier alpha value is -0.780. The van der Waals surface area contributed by atoms with Crippen molar-refractivity contribution >= 4 is 17.7 Å². The van der Waals surface area contributed by atoms with E-state index in [2.05, 4.69) is 27.3 Å². The van der Waals surface area contributed by atoms with E-state index in [-0.39, 0.29) is 0 Å². The van der Waals surface area contributed by atoms with E-state index in [9.17, 15) is 0 Å². The van der Waals surface area contributed by atoms with E-state index in [1.807, 2.05) is 18.8 Å². The minimum atomic E-state index is 0.531. The Kier molecular flexibility index (Phi) is 2.39. The van der Waals surface area contributed by atoms with Crippen LogP contribution in [0.4, 0.5) is 5.95 Å². The quantitative estimate of drug-likeness (QED) is 0.644. The van der Waals surface area contributed by atoms with Crippen LogP contribution in [0, 0.1) is 0 Å². The number of tetrazole rings is 1. The number of aryl methyl sites for hydroxylation is 1. The lowest BCUT2D eigenvalue weighted by Gasteiger charge is -2.32. The highest BCUT2D eigenvalue weighted by Gasteiger charge is 2.22. The molecule has 1 fully saturated rings. The Morgan fingerprint density at radius 2 is 2.38 bits per heavy atom. The zero-order valence-corrected chi connectivity index (χ0v) is 8.66. The summed E-state index contributed by atoms with van der Waals surface area (Å²) in [5.41, 5.74) is 0. The summed E-state index contributed by atoms with van der Waals surface area (Å²) in [7, 11) is 1.88. The van der Waals surface area contributed by atoms with Crippen molar-refractivity contribution in [3.05, 3.63) is 0 Å². The fourth-order valence-corrected chi connectivity index (χ4v) is 2.51. The fourth-order valence-electron chi connectivity index (χ4n) is 1.49. The third-order valence-corrected chi connectivity index (χ3v) is 3.41. The minimum absolute atomic E-state index is 0.531. The standard InChI is InChI=1S/C7H13N5S/c1-6-5-13-4-3-12(6)7-8-9-10-11(7)2/h6H,3-5H2,1-2H3. The number of hydrogen-bond acceptors (Lipinski definition) is 5. The van der Waals surface area contributed by atoms with Gasteiger partial charge in [-0.05, 0) is 17.4 Å². The van der Waals surface area contributed by atoms with Crippen molar-refractivity contribution in [3.63, 3.8) is 0 Å². The summed E-state index contributed by atoms with van der Waals surface area (Å²) in [5.74, 6) is 3.21. The molecule has 2 rings (SSSR count). The van der Waals surface area contributed by atoms with Gasteiger partial charge in [-0.2, -0.15) is 11.8 Å². The Balaban J connectivity index is 2.19. The molecule has 13 heavy (non-hydrogen) atoms. The molecule has 0 aromatic carbocycles. The first-order valence-corrected chi connectivity index (χ1v) is 5.51. The molecule has 0 amide bonds. The highest BCUT2D eigenvalue weighted by molar-refractivity contribution is 7.99. The van der Waals surface area contributed by atoms with Crippen LogP contribution in [0.15, 0.2) is 0 Å². The van der Waals surface area contributed by atoms with Crippen molar-refractivity contribution in [1.82, 2.24) is 20.2 Å². The number of anilines is 1. The van der Waals surface area contributed by atoms with Crippen molar-refractivity contribution in [2.24, 2.45) is 7.05 Å². The molecule has 72 valence electrons. The Morgan fingerprint density at radius 3 is 3.00 bits per heavy atom. The second-order valence-corrected chi connectivity index (χ2v) is 4.37. The van der Waals surface area contributed by atoms with E-state index in [0.717, 1.165) is 24.0 Å². The summed E-state index contributed by atoms with van der Waals surface area (Å²) in [5, 5.41) is 11.5. The summed E-state index contributed by atoms with van der Waals surface area (Å²) in [6.45, 7) is 3.25. The van der Waals surface area contributed by atoms with Crippen molar-refractivity contribution < 1.29 is 0 Å². The van der Waals surface area contributed by atoms with E-state index < -0.39 is 0 Å². The third-order valence-electron chi connectivity index (χ3n) is 2.22. The van der Waals surface area contributed by atoms with Gasteiger partial charge in [-0.25, -0.2) is 4.68 Å². The molecular formula is C7H13N5S. The molecule has 0 saturated carbocycles. The molecule has 2 heterocycles. The fraction of sp³-hybridized carbons (Fsp3) is 0.857. The van der Waals surface area contributed by atoms with Crippen LogP contribution in [0.3, 0.4) is 0 Å². The van der Waals surface area contributed by atoms with Crippen LogP contribution < -0.4 is 4.90 Å². The van der Waals surface area contributed by atoms with Crippen LogP contribution in [0.25, 0.3) is 0 Å². The zero-order valence-electron chi connectivity index (χ0n) is 7.84. The first-order chi connectivity index (χ1) is 6.29. The molecule has 5 nitrogen and oxygen atoms in total. The van der Waals surface area contributed by atoms with Crippen molar-refractivity contribution in [2.75, 3.05) is 23.0 Å². The lowest BCUT2D eigenvalue weighted by atomic mass is 10.3. The maximum absolute atomic E-state index is 4.01. The van der Waals surface area contributed by atoms with Gasteiger partial charge in [-0.1, -0.05) is 5.10 Å². The number of thioether (sulfide) groups is 1. The van der Waals surface area contributed by atoms with Gasteiger partial charge < -0.3 is 4.90 Å². The Morgan fingerprint density at radius 1 is 1.54 bits per heavy atom. The Labute approximate surface area is 81.5 Å². The van der Waals surface area contributed by atoms with E-state index >= 15 is 0 Å². The smallest absolute Gasteiger partial charge is 0.245 e. The van der Waals surface area contributed by atoms with Gasteiger partial charge >= 0.3 is 0 Å².